The number of esters is 2. The van der Waals surface area contributed by atoms with Crippen molar-refractivity contribution >= 4 is 70.3 Å². The van der Waals surface area contributed by atoms with Crippen molar-refractivity contribution in [3.8, 4) is 34.5 Å². The van der Waals surface area contributed by atoms with Gasteiger partial charge in [0.25, 0.3) is 0 Å². The topological polar surface area (TPSA) is 270 Å². The quantitative estimate of drug-likeness (QED) is 0.0162. The average molecular weight is 961 g/mol. The molecule has 0 unspecified atom stereocenters. The smallest absolute Gasteiger partial charge is 0.339 e. The van der Waals surface area contributed by atoms with Crippen LogP contribution in [-0.4, -0.2) is 70.1 Å². The van der Waals surface area contributed by atoms with E-state index in [9.17, 15) is 49.2 Å². The van der Waals surface area contributed by atoms with E-state index in [1.807, 2.05) is 0 Å². The summed E-state index contributed by atoms with van der Waals surface area (Å²) in [7, 11) is 2.79. The van der Waals surface area contributed by atoms with Crippen molar-refractivity contribution in [3.63, 3.8) is 0 Å². The summed E-state index contributed by atoms with van der Waals surface area (Å²) < 4.78 is 22.0. The molecule has 6 aromatic rings. The van der Waals surface area contributed by atoms with Crippen molar-refractivity contribution < 1.29 is 68.1 Å². The first-order valence-electron chi connectivity index (χ1n) is 21.5. The highest BCUT2D eigenvalue weighted by Gasteiger charge is 2.16. The van der Waals surface area contributed by atoms with Crippen LogP contribution in [0.1, 0.15) is 62.2 Å². The van der Waals surface area contributed by atoms with Crippen LogP contribution in [-0.2, 0) is 32.0 Å². The first-order valence-corrected chi connectivity index (χ1v) is 21.5. The average Bonchev–Trinajstić information content (AvgIpc) is 3.36. The van der Waals surface area contributed by atoms with Crippen molar-refractivity contribution in [2.75, 3.05) is 14.2 Å². The summed E-state index contributed by atoms with van der Waals surface area (Å²) in [5.74, 6) is -4.76. The Kier molecular flexibility index (Phi) is 17.5. The number of phenols is 2. The normalized spacial score (nSPS) is 11.3. The number of ketones is 2. The summed E-state index contributed by atoms with van der Waals surface area (Å²) in [6.45, 7) is 0. The molecular weight excluding hydrogens is 917 g/mol. The van der Waals surface area contributed by atoms with Crippen molar-refractivity contribution in [3.05, 3.63) is 167 Å². The van der Waals surface area contributed by atoms with Gasteiger partial charge in [-0.1, -0.05) is 60.7 Å². The molecule has 0 saturated heterocycles. The Bertz CT molecular complexity index is 2920. The van der Waals surface area contributed by atoms with Gasteiger partial charge >= 0.3 is 23.9 Å². The lowest BCUT2D eigenvalue weighted by atomic mass is 10.1. The van der Waals surface area contributed by atoms with E-state index in [-0.39, 0.29) is 71.2 Å². The van der Waals surface area contributed by atoms with Crippen molar-refractivity contribution in [2.24, 2.45) is 20.5 Å². The molecule has 4 N–H and O–H groups in total. The molecule has 6 aromatic carbocycles. The van der Waals surface area contributed by atoms with E-state index in [1.165, 1.54) is 87.1 Å². The van der Waals surface area contributed by atoms with Crippen LogP contribution < -0.4 is 18.9 Å². The number of benzene rings is 6. The maximum Gasteiger partial charge on any atom is 0.339 e. The molecule has 71 heavy (non-hydrogen) atoms. The summed E-state index contributed by atoms with van der Waals surface area (Å²) >= 11 is 0. The van der Waals surface area contributed by atoms with Crippen molar-refractivity contribution in [1.82, 2.24) is 0 Å². The number of aryl methyl sites for hydroxylation is 2. The number of hydrogen-bond acceptors (Lipinski definition) is 16. The Morgan fingerprint density at radius 3 is 1.30 bits per heavy atom. The number of aromatic hydroxyl groups is 2. The highest BCUT2D eigenvalue weighted by molar-refractivity contribution is 6.11. The number of carboxylic acids is 2. The summed E-state index contributed by atoms with van der Waals surface area (Å²) in [5, 5.41) is 54.6. The third-order valence-electron chi connectivity index (χ3n) is 10.2. The standard InChI is InChI=1S/C53H44N4O14/c1-68-48-27-32(13-23-46(48)70-50(62)25-15-34-7-3-5-9-42(34)56-54-36-17-21-44(60)40(29-36)52(64)65)11-19-38(58)31-39(59)20-12-33-14-24-47(49(28-33)69-2)71-51(63)26-16-35-8-4-6-10-43(35)57-55-37-18-22-45(61)41(30-37)53(66)67/h3-14,17-24,27-30,60-61H,15-16,25-26,31H2,1-2H3,(H,64,65)(H,66,67)/b19-11+,20-12+,56-54?,57-55?. The molecule has 18 nitrogen and oxygen atoms in total. The van der Waals surface area contributed by atoms with Gasteiger partial charge in [-0.25, -0.2) is 9.59 Å². The Morgan fingerprint density at radius 2 is 0.901 bits per heavy atom. The zero-order chi connectivity index (χ0) is 50.9. The molecule has 0 bridgehead atoms. The molecule has 360 valence electrons. The number of allylic oxidation sites excluding steroid dienone is 2. The number of carbonyl (C=O) groups is 6. The molecule has 0 radical (unpaired) electrons. The van der Waals surface area contributed by atoms with Gasteiger partial charge in [-0.3, -0.25) is 19.2 Å². The SMILES string of the molecule is COc1cc(/C=C/C(=O)CC(=O)/C=C/c2ccc(OC(=O)CCc3ccccc3N=Nc3ccc(O)c(C(=O)O)c3)c(OC)c2)ccc1OC(=O)CCc1ccccc1N=Nc1ccc(O)c(C(=O)O)c1. The van der Waals surface area contributed by atoms with Crippen LogP contribution in [0.3, 0.4) is 0 Å². The van der Waals surface area contributed by atoms with Crippen LogP contribution in [0.2, 0.25) is 0 Å². The molecule has 0 saturated carbocycles. The van der Waals surface area contributed by atoms with Crippen LogP contribution in [0.15, 0.2) is 154 Å². The minimum absolute atomic E-state index is 0.0351. The monoisotopic (exact) mass is 960 g/mol. The largest absolute Gasteiger partial charge is 0.507 e. The Balaban J connectivity index is 0.970. The second-order valence-corrected chi connectivity index (χ2v) is 15.2. The number of ether oxygens (including phenoxy) is 4. The number of hydrogen-bond donors (Lipinski definition) is 4. The third kappa shape index (κ3) is 14.7. The fourth-order valence-electron chi connectivity index (χ4n) is 6.61. The van der Waals surface area contributed by atoms with Crippen molar-refractivity contribution in [2.45, 2.75) is 32.1 Å². The summed E-state index contributed by atoms with van der Waals surface area (Å²) in [6, 6.07) is 30.9. The van der Waals surface area contributed by atoms with Crippen LogP contribution in [0.25, 0.3) is 12.2 Å². The minimum atomic E-state index is -1.31. The van der Waals surface area contributed by atoms with E-state index >= 15 is 0 Å². The molecule has 0 amide bonds. The van der Waals surface area contributed by atoms with Gasteiger partial charge in [0.05, 0.1) is 56.2 Å². The Hall–Kier alpha value is -9.58. The minimum Gasteiger partial charge on any atom is -0.507 e. The molecule has 6 rings (SSSR count). The van der Waals surface area contributed by atoms with Gasteiger partial charge in [-0.05, 0) is 120 Å². The highest BCUT2D eigenvalue weighted by atomic mass is 16.6. The Morgan fingerprint density at radius 1 is 0.493 bits per heavy atom. The van der Waals surface area contributed by atoms with E-state index in [2.05, 4.69) is 20.5 Å². The number of carboxylic acid groups (broad SMARTS) is 2. The number of nitrogens with zero attached hydrogens (tertiary/aromatic N) is 4. The molecule has 0 aromatic heterocycles. The Labute approximate surface area is 405 Å². The van der Waals surface area contributed by atoms with Gasteiger partial charge in [0.2, 0.25) is 0 Å². The summed E-state index contributed by atoms with van der Waals surface area (Å²) in [6.07, 6.45) is 5.47. The number of aromatic carboxylic acids is 2. The maximum atomic E-state index is 12.9. The maximum absolute atomic E-state index is 12.9. The zero-order valence-corrected chi connectivity index (χ0v) is 38.1. The van der Waals surface area contributed by atoms with Crippen LogP contribution in [0.5, 0.6) is 34.5 Å². The molecule has 0 fully saturated rings. The number of rotatable bonds is 22. The van der Waals surface area contributed by atoms with E-state index in [0.29, 0.717) is 33.6 Å². The van der Waals surface area contributed by atoms with E-state index < -0.39 is 53.4 Å². The highest BCUT2D eigenvalue weighted by Crippen LogP contribution is 2.33. The van der Waals surface area contributed by atoms with Crippen LogP contribution >= 0.6 is 0 Å². The number of azo groups is 2. The fourth-order valence-corrected chi connectivity index (χ4v) is 6.61. The van der Waals surface area contributed by atoms with E-state index in [4.69, 9.17) is 18.9 Å². The first-order chi connectivity index (χ1) is 34.2. The fraction of sp³-hybridized carbons (Fsp3) is 0.132. The molecule has 0 aliphatic heterocycles. The summed E-state index contributed by atoms with van der Waals surface area (Å²) in [4.78, 5) is 74.0. The molecule has 18 heteroatoms. The molecule has 0 aliphatic carbocycles. The predicted octanol–water partition coefficient (Wildman–Crippen LogP) is 10.7. The number of methoxy groups -OCH3 is 2. The number of carbonyl (C=O) groups excluding carboxylic acids is 4. The predicted molar refractivity (Wildman–Crippen MR) is 258 cm³/mol. The molecule has 0 heterocycles. The zero-order valence-electron chi connectivity index (χ0n) is 38.1. The van der Waals surface area contributed by atoms with Gasteiger partial charge < -0.3 is 39.4 Å². The van der Waals surface area contributed by atoms with Gasteiger partial charge in [-0.2, -0.15) is 20.5 Å². The van der Waals surface area contributed by atoms with Gasteiger partial charge in [-0.15, -0.1) is 0 Å². The molecule has 0 spiro atoms. The van der Waals surface area contributed by atoms with Gasteiger partial charge in [0.1, 0.15) is 22.6 Å². The van der Waals surface area contributed by atoms with Gasteiger partial charge in [0, 0.05) is 0 Å². The van der Waals surface area contributed by atoms with Crippen LogP contribution in [0, 0.1) is 0 Å². The second-order valence-electron chi connectivity index (χ2n) is 15.2. The lowest BCUT2D eigenvalue weighted by Crippen LogP contribution is -2.10. The summed E-state index contributed by atoms with van der Waals surface area (Å²) in [5.41, 5.74) is 3.12. The van der Waals surface area contributed by atoms with E-state index in [0.717, 1.165) is 0 Å². The van der Waals surface area contributed by atoms with E-state index in [1.54, 1.807) is 72.8 Å². The molecule has 0 atom stereocenters. The molecule has 0 aliphatic rings. The lowest BCUT2D eigenvalue weighted by molar-refractivity contribution is -0.135. The van der Waals surface area contributed by atoms with Crippen LogP contribution in [0.4, 0.5) is 22.7 Å². The van der Waals surface area contributed by atoms with Gasteiger partial charge in [0.15, 0.2) is 34.6 Å². The second kappa shape index (κ2) is 24.4. The third-order valence-corrected chi connectivity index (χ3v) is 10.2. The van der Waals surface area contributed by atoms with Crippen molar-refractivity contribution in [1.29, 1.82) is 0 Å². The first kappa shape index (κ1) is 50.8. The lowest BCUT2D eigenvalue weighted by Gasteiger charge is -2.10. The molecular formula is C53H44N4O14.